The molecule has 1 N–H and O–H groups in total. The van der Waals surface area contributed by atoms with Crippen LogP contribution in [0.5, 0.6) is 0 Å². The molecule has 1 aliphatic heterocycles. The third-order valence-corrected chi connectivity index (χ3v) is 5.56. The van der Waals surface area contributed by atoms with Gasteiger partial charge in [-0.3, -0.25) is 0 Å². The molecule has 1 aliphatic rings. The summed E-state index contributed by atoms with van der Waals surface area (Å²) in [5.74, 6) is 1.21. The van der Waals surface area contributed by atoms with Crippen LogP contribution in [0.15, 0.2) is 15.7 Å². The summed E-state index contributed by atoms with van der Waals surface area (Å²) < 4.78 is 1.52. The van der Waals surface area contributed by atoms with Crippen molar-refractivity contribution in [2.75, 3.05) is 18.6 Å². The summed E-state index contributed by atoms with van der Waals surface area (Å²) in [5, 5.41) is 6.64. The van der Waals surface area contributed by atoms with Gasteiger partial charge in [0, 0.05) is 23.6 Å². The van der Waals surface area contributed by atoms with Crippen molar-refractivity contribution in [3.05, 3.63) is 17.0 Å². The van der Waals surface area contributed by atoms with Crippen LogP contribution in [0.2, 0.25) is 0 Å². The molecular weight excluding hydrogens is 242 g/mol. The molecule has 0 fully saturated rings. The second kappa shape index (κ2) is 5.62. The van der Waals surface area contributed by atoms with E-state index >= 15 is 0 Å². The fourth-order valence-corrected chi connectivity index (χ4v) is 4.77. The van der Waals surface area contributed by atoms with Crippen molar-refractivity contribution in [3.8, 4) is 0 Å². The molecule has 1 aromatic rings. The Balaban J connectivity index is 2.00. The number of rotatable bonds is 4. The molecular formula is C11H17NS3. The molecule has 1 nitrogen and oxygen atoms in total. The topological polar surface area (TPSA) is 12.0 Å². The van der Waals surface area contributed by atoms with E-state index in [1.165, 1.54) is 21.9 Å². The number of fused-ring (bicyclic) bond motifs is 1. The van der Waals surface area contributed by atoms with Gasteiger partial charge in [-0.05, 0) is 29.7 Å². The van der Waals surface area contributed by atoms with Crippen LogP contribution in [0.1, 0.15) is 24.9 Å². The molecule has 2 rings (SSSR count). The molecule has 2 heterocycles. The zero-order valence-electron chi connectivity index (χ0n) is 9.16. The van der Waals surface area contributed by atoms with E-state index in [1.807, 2.05) is 34.9 Å². The Morgan fingerprint density at radius 3 is 3.27 bits per heavy atom. The highest BCUT2D eigenvalue weighted by Gasteiger charge is 2.25. The summed E-state index contributed by atoms with van der Waals surface area (Å²) in [6, 6.07) is 2.88. The Bertz CT molecular complexity index is 311. The SMILES string of the molecule is CSCCNC1C[C@H](C)Sc2sccc21. The van der Waals surface area contributed by atoms with Crippen LogP contribution in [-0.2, 0) is 0 Å². The van der Waals surface area contributed by atoms with E-state index in [2.05, 4.69) is 29.9 Å². The summed E-state index contributed by atoms with van der Waals surface area (Å²) in [5.41, 5.74) is 1.53. The van der Waals surface area contributed by atoms with Crippen molar-refractivity contribution < 1.29 is 0 Å². The first-order valence-electron chi connectivity index (χ1n) is 5.27. The average Bonchev–Trinajstić information content (AvgIpc) is 2.65. The zero-order chi connectivity index (χ0) is 10.7. The quantitative estimate of drug-likeness (QED) is 0.829. The third-order valence-electron chi connectivity index (χ3n) is 2.61. The highest BCUT2D eigenvalue weighted by molar-refractivity contribution is 8.01. The maximum absolute atomic E-state index is 3.67. The van der Waals surface area contributed by atoms with Crippen LogP contribution in [0.3, 0.4) is 0 Å². The normalized spacial score (nSPS) is 25.2. The lowest BCUT2D eigenvalue weighted by molar-refractivity contribution is 0.505. The molecule has 1 aromatic heterocycles. The number of hydrogen-bond acceptors (Lipinski definition) is 4. The van der Waals surface area contributed by atoms with E-state index in [0.717, 1.165) is 11.8 Å². The first-order valence-corrected chi connectivity index (χ1v) is 8.43. The molecule has 0 saturated carbocycles. The van der Waals surface area contributed by atoms with Crippen LogP contribution in [-0.4, -0.2) is 23.8 Å². The van der Waals surface area contributed by atoms with Gasteiger partial charge in [0.15, 0.2) is 0 Å². The van der Waals surface area contributed by atoms with Gasteiger partial charge >= 0.3 is 0 Å². The molecule has 4 heteroatoms. The fraction of sp³-hybridized carbons (Fsp3) is 0.636. The number of nitrogens with one attached hydrogen (secondary N) is 1. The molecule has 0 aliphatic carbocycles. The lowest BCUT2D eigenvalue weighted by atomic mass is 10.1. The first-order chi connectivity index (χ1) is 7.31. The van der Waals surface area contributed by atoms with Crippen molar-refractivity contribution in [2.45, 2.75) is 28.8 Å². The molecule has 84 valence electrons. The van der Waals surface area contributed by atoms with Crippen molar-refractivity contribution in [2.24, 2.45) is 0 Å². The Hall–Kier alpha value is 0.360. The van der Waals surface area contributed by atoms with E-state index in [1.54, 1.807) is 0 Å². The van der Waals surface area contributed by atoms with Gasteiger partial charge in [-0.1, -0.05) is 6.92 Å². The standard InChI is InChI=1S/C11H17NS3/c1-8-7-10(12-4-6-13-2)9-3-5-14-11(9)15-8/h3,5,8,10,12H,4,6-7H2,1-2H3/t8-,10?/m0/s1. The minimum atomic E-state index is 0.592. The second-order valence-electron chi connectivity index (χ2n) is 3.83. The molecule has 0 saturated heterocycles. The van der Waals surface area contributed by atoms with Gasteiger partial charge in [-0.15, -0.1) is 23.1 Å². The average molecular weight is 259 g/mol. The maximum atomic E-state index is 3.67. The van der Waals surface area contributed by atoms with Crippen LogP contribution >= 0.6 is 34.9 Å². The Kier molecular flexibility index (Phi) is 4.43. The van der Waals surface area contributed by atoms with Gasteiger partial charge < -0.3 is 5.32 Å². The number of hydrogen-bond donors (Lipinski definition) is 1. The van der Waals surface area contributed by atoms with Crippen LogP contribution in [0.25, 0.3) is 0 Å². The smallest absolute Gasteiger partial charge is 0.0649 e. The highest BCUT2D eigenvalue weighted by atomic mass is 32.2. The predicted molar refractivity (Wildman–Crippen MR) is 73.4 cm³/mol. The largest absolute Gasteiger partial charge is 0.309 e. The van der Waals surface area contributed by atoms with Gasteiger partial charge in [0.25, 0.3) is 0 Å². The van der Waals surface area contributed by atoms with Crippen LogP contribution < -0.4 is 5.32 Å². The number of thiophene rings is 1. The molecule has 0 bridgehead atoms. The van der Waals surface area contributed by atoms with Gasteiger partial charge in [-0.25, -0.2) is 0 Å². The van der Waals surface area contributed by atoms with Gasteiger partial charge in [0.1, 0.15) is 0 Å². The zero-order valence-corrected chi connectivity index (χ0v) is 11.6. The molecule has 15 heavy (non-hydrogen) atoms. The van der Waals surface area contributed by atoms with Gasteiger partial charge in [-0.2, -0.15) is 11.8 Å². The third kappa shape index (κ3) is 2.93. The molecule has 0 amide bonds. The summed E-state index contributed by atoms with van der Waals surface area (Å²) in [4.78, 5) is 0. The van der Waals surface area contributed by atoms with E-state index in [9.17, 15) is 0 Å². The lowest BCUT2D eigenvalue weighted by Gasteiger charge is -2.27. The van der Waals surface area contributed by atoms with Crippen molar-refractivity contribution in [1.82, 2.24) is 5.32 Å². The van der Waals surface area contributed by atoms with Crippen molar-refractivity contribution in [1.29, 1.82) is 0 Å². The van der Waals surface area contributed by atoms with E-state index in [-0.39, 0.29) is 0 Å². The monoisotopic (exact) mass is 259 g/mol. The maximum Gasteiger partial charge on any atom is 0.0649 e. The summed E-state index contributed by atoms with van der Waals surface area (Å²) >= 11 is 5.83. The Labute approximate surface area is 104 Å². The molecule has 2 atom stereocenters. The summed E-state index contributed by atoms with van der Waals surface area (Å²) in [6.07, 6.45) is 3.43. The molecule has 0 radical (unpaired) electrons. The summed E-state index contributed by atoms with van der Waals surface area (Å²) in [6.45, 7) is 3.45. The minimum Gasteiger partial charge on any atom is -0.309 e. The van der Waals surface area contributed by atoms with E-state index < -0.39 is 0 Å². The van der Waals surface area contributed by atoms with Crippen LogP contribution in [0.4, 0.5) is 0 Å². The number of thioether (sulfide) groups is 2. The summed E-state index contributed by atoms with van der Waals surface area (Å²) in [7, 11) is 0. The van der Waals surface area contributed by atoms with Crippen LogP contribution in [0, 0.1) is 0 Å². The van der Waals surface area contributed by atoms with Gasteiger partial charge in [0.05, 0.1) is 4.21 Å². The molecule has 0 spiro atoms. The first kappa shape index (κ1) is 11.8. The van der Waals surface area contributed by atoms with E-state index in [0.29, 0.717) is 6.04 Å². The fourth-order valence-electron chi connectivity index (χ4n) is 1.88. The Morgan fingerprint density at radius 2 is 2.47 bits per heavy atom. The van der Waals surface area contributed by atoms with E-state index in [4.69, 9.17) is 0 Å². The molecule has 1 unspecified atom stereocenters. The molecule has 0 aromatic carbocycles. The minimum absolute atomic E-state index is 0.592. The van der Waals surface area contributed by atoms with Crippen molar-refractivity contribution >= 4 is 34.9 Å². The highest BCUT2D eigenvalue weighted by Crippen LogP contribution is 2.43. The second-order valence-corrected chi connectivity index (χ2v) is 7.44. The van der Waals surface area contributed by atoms with Crippen molar-refractivity contribution in [3.63, 3.8) is 0 Å². The van der Waals surface area contributed by atoms with Gasteiger partial charge in [0.2, 0.25) is 0 Å². The predicted octanol–water partition coefficient (Wildman–Crippen LogP) is 3.63. The Morgan fingerprint density at radius 1 is 1.60 bits per heavy atom. The lowest BCUT2D eigenvalue weighted by Crippen LogP contribution is -2.28.